The van der Waals surface area contributed by atoms with E-state index in [0.717, 1.165) is 18.9 Å². The van der Waals surface area contributed by atoms with E-state index in [1.54, 1.807) is 0 Å². The van der Waals surface area contributed by atoms with Crippen LogP contribution in [0.5, 0.6) is 0 Å². The monoisotopic (exact) mass is 216 g/mol. The number of esters is 1. The summed E-state index contributed by atoms with van der Waals surface area (Å²) < 4.78 is 15.3. The lowest BCUT2D eigenvalue weighted by Gasteiger charge is -2.15. The molecule has 0 radical (unpaired) electrons. The summed E-state index contributed by atoms with van der Waals surface area (Å²) in [5.74, 6) is -0.476. The predicted octanol–water partition coefficient (Wildman–Crippen LogP) is 2.24. The maximum atomic E-state index is 10.9. The third-order valence-electron chi connectivity index (χ3n) is 1.73. The molecule has 0 aromatic heterocycles. The molecule has 0 aromatic carbocycles. The van der Waals surface area contributed by atoms with Crippen LogP contribution in [-0.2, 0) is 19.0 Å². The number of ether oxygens (including phenoxy) is 3. The first kappa shape index (κ1) is 14.1. The van der Waals surface area contributed by atoms with Crippen LogP contribution in [0.2, 0.25) is 0 Å². The van der Waals surface area contributed by atoms with Crippen LogP contribution in [0.1, 0.15) is 33.1 Å². The van der Waals surface area contributed by atoms with Gasteiger partial charge in [0.2, 0.25) is 6.29 Å². The van der Waals surface area contributed by atoms with Crippen LogP contribution < -0.4 is 0 Å². The first-order valence-corrected chi connectivity index (χ1v) is 5.27. The molecule has 0 rings (SSSR count). The molecule has 0 saturated carbocycles. The molecule has 0 bridgehead atoms. The van der Waals surface area contributed by atoms with Gasteiger partial charge in [-0.3, -0.25) is 0 Å². The Morgan fingerprint density at radius 3 is 2.73 bits per heavy atom. The molecule has 0 saturated heterocycles. The zero-order chi connectivity index (χ0) is 11.5. The van der Waals surface area contributed by atoms with Crippen LogP contribution in [0.25, 0.3) is 0 Å². The molecular formula is C11H20O4. The Kier molecular flexibility index (Phi) is 9.11. The van der Waals surface area contributed by atoms with Crippen molar-refractivity contribution in [3.8, 4) is 0 Å². The Labute approximate surface area is 91.2 Å². The molecule has 0 heterocycles. The molecule has 0 aliphatic rings. The van der Waals surface area contributed by atoms with Crippen molar-refractivity contribution in [2.45, 2.75) is 39.4 Å². The summed E-state index contributed by atoms with van der Waals surface area (Å²) in [6.07, 6.45) is 3.26. The molecule has 15 heavy (non-hydrogen) atoms. The van der Waals surface area contributed by atoms with E-state index in [0.29, 0.717) is 13.0 Å². The van der Waals surface area contributed by atoms with Gasteiger partial charge >= 0.3 is 5.97 Å². The molecule has 0 aliphatic heterocycles. The Bertz CT molecular complexity index is 179. The first-order chi connectivity index (χ1) is 7.24. The van der Waals surface area contributed by atoms with Gasteiger partial charge in [0, 0.05) is 19.1 Å². The molecule has 88 valence electrons. The fourth-order valence-corrected chi connectivity index (χ4v) is 0.842. The van der Waals surface area contributed by atoms with Crippen LogP contribution in [0.15, 0.2) is 12.7 Å². The minimum absolute atomic E-state index is 0.156. The molecule has 0 aromatic rings. The van der Waals surface area contributed by atoms with E-state index in [1.165, 1.54) is 0 Å². The smallest absolute Gasteiger partial charge is 0.332 e. The Morgan fingerprint density at radius 1 is 1.47 bits per heavy atom. The van der Waals surface area contributed by atoms with Gasteiger partial charge in [0.15, 0.2) is 6.79 Å². The summed E-state index contributed by atoms with van der Waals surface area (Å²) in [6, 6.07) is 0. The van der Waals surface area contributed by atoms with Gasteiger partial charge < -0.3 is 14.2 Å². The minimum Gasteiger partial charge on any atom is -0.433 e. The number of carbonyl (C=O) groups is 1. The van der Waals surface area contributed by atoms with Crippen molar-refractivity contribution < 1.29 is 19.0 Å². The summed E-state index contributed by atoms with van der Waals surface area (Å²) in [7, 11) is 0. The van der Waals surface area contributed by atoms with E-state index < -0.39 is 12.3 Å². The topological polar surface area (TPSA) is 44.8 Å². The van der Waals surface area contributed by atoms with E-state index in [-0.39, 0.29) is 6.79 Å². The summed E-state index contributed by atoms with van der Waals surface area (Å²) in [5.41, 5.74) is 0. The lowest BCUT2D eigenvalue weighted by atomic mass is 10.4. The van der Waals surface area contributed by atoms with Crippen molar-refractivity contribution in [1.29, 1.82) is 0 Å². The zero-order valence-electron chi connectivity index (χ0n) is 9.53. The SMILES string of the molecule is C=CC(=O)OC(CC)OCOCCCC. The van der Waals surface area contributed by atoms with Gasteiger partial charge in [-0.2, -0.15) is 0 Å². The average Bonchev–Trinajstić information content (AvgIpc) is 2.26. The molecule has 0 aliphatic carbocycles. The maximum Gasteiger partial charge on any atom is 0.332 e. The van der Waals surface area contributed by atoms with Crippen LogP contribution in [0.4, 0.5) is 0 Å². The molecule has 0 N–H and O–H groups in total. The van der Waals surface area contributed by atoms with Crippen LogP contribution >= 0.6 is 0 Å². The highest BCUT2D eigenvalue weighted by atomic mass is 16.8. The van der Waals surface area contributed by atoms with Crippen molar-refractivity contribution in [2.75, 3.05) is 13.4 Å². The van der Waals surface area contributed by atoms with Crippen molar-refractivity contribution in [1.82, 2.24) is 0 Å². The average molecular weight is 216 g/mol. The molecule has 1 atom stereocenters. The van der Waals surface area contributed by atoms with Gasteiger partial charge in [-0.15, -0.1) is 0 Å². The highest BCUT2D eigenvalue weighted by Gasteiger charge is 2.09. The molecule has 4 heteroatoms. The van der Waals surface area contributed by atoms with Gasteiger partial charge in [-0.1, -0.05) is 26.8 Å². The largest absolute Gasteiger partial charge is 0.433 e. The van der Waals surface area contributed by atoms with Gasteiger partial charge in [-0.05, 0) is 6.42 Å². The quantitative estimate of drug-likeness (QED) is 0.256. The fraction of sp³-hybridized carbons (Fsp3) is 0.727. The Balaban J connectivity index is 3.52. The van der Waals surface area contributed by atoms with Gasteiger partial charge in [0.05, 0.1) is 0 Å². The van der Waals surface area contributed by atoms with E-state index in [2.05, 4.69) is 13.5 Å². The molecule has 1 unspecified atom stereocenters. The van der Waals surface area contributed by atoms with Gasteiger partial charge in [0.25, 0.3) is 0 Å². The van der Waals surface area contributed by atoms with Crippen molar-refractivity contribution in [3.05, 3.63) is 12.7 Å². The Hall–Kier alpha value is -0.870. The number of hydrogen-bond donors (Lipinski definition) is 0. The van der Waals surface area contributed by atoms with Crippen molar-refractivity contribution in [2.24, 2.45) is 0 Å². The molecular weight excluding hydrogens is 196 g/mol. The summed E-state index contributed by atoms with van der Waals surface area (Å²) >= 11 is 0. The second-order valence-electron chi connectivity index (χ2n) is 3.03. The second kappa shape index (κ2) is 9.68. The van der Waals surface area contributed by atoms with Crippen LogP contribution in [0, 0.1) is 0 Å². The van der Waals surface area contributed by atoms with Crippen LogP contribution in [-0.4, -0.2) is 25.7 Å². The lowest BCUT2D eigenvalue weighted by Crippen LogP contribution is -2.21. The van der Waals surface area contributed by atoms with E-state index >= 15 is 0 Å². The molecule has 0 spiro atoms. The molecule has 0 fully saturated rings. The third kappa shape index (κ3) is 8.15. The first-order valence-electron chi connectivity index (χ1n) is 5.27. The summed E-state index contributed by atoms with van der Waals surface area (Å²) in [4.78, 5) is 10.9. The molecule has 4 nitrogen and oxygen atoms in total. The van der Waals surface area contributed by atoms with Crippen LogP contribution in [0.3, 0.4) is 0 Å². The second-order valence-corrected chi connectivity index (χ2v) is 3.03. The highest BCUT2D eigenvalue weighted by molar-refractivity contribution is 5.81. The number of unbranched alkanes of at least 4 members (excludes halogenated alkanes) is 1. The number of hydrogen-bond acceptors (Lipinski definition) is 4. The van der Waals surface area contributed by atoms with Gasteiger partial charge in [0.1, 0.15) is 0 Å². The number of rotatable bonds is 9. The van der Waals surface area contributed by atoms with E-state index in [9.17, 15) is 4.79 Å². The minimum atomic E-state index is -0.544. The fourth-order valence-electron chi connectivity index (χ4n) is 0.842. The predicted molar refractivity (Wildman–Crippen MR) is 57.2 cm³/mol. The van der Waals surface area contributed by atoms with Crippen molar-refractivity contribution >= 4 is 5.97 Å². The normalized spacial score (nSPS) is 12.1. The summed E-state index contributed by atoms with van der Waals surface area (Å²) in [6.45, 7) is 8.09. The highest BCUT2D eigenvalue weighted by Crippen LogP contribution is 2.01. The van der Waals surface area contributed by atoms with E-state index in [1.807, 2.05) is 6.92 Å². The zero-order valence-corrected chi connectivity index (χ0v) is 9.53. The van der Waals surface area contributed by atoms with Crippen molar-refractivity contribution in [3.63, 3.8) is 0 Å². The number of carbonyl (C=O) groups excluding carboxylic acids is 1. The van der Waals surface area contributed by atoms with Gasteiger partial charge in [-0.25, -0.2) is 4.79 Å². The Morgan fingerprint density at radius 2 is 2.20 bits per heavy atom. The molecule has 0 amide bonds. The van der Waals surface area contributed by atoms with E-state index in [4.69, 9.17) is 14.2 Å². The third-order valence-corrected chi connectivity index (χ3v) is 1.73. The lowest BCUT2D eigenvalue weighted by molar-refractivity contribution is -0.198. The maximum absolute atomic E-state index is 10.9. The summed E-state index contributed by atoms with van der Waals surface area (Å²) in [5, 5.41) is 0. The standard InChI is InChI=1S/C11H20O4/c1-4-7-8-13-9-14-11(6-3)15-10(12)5-2/h5,11H,2,4,6-9H2,1,3H3.